The minimum Gasteiger partial charge on any atom is -0.494 e. The monoisotopic (exact) mass is 343 g/mol. The Hall–Kier alpha value is -2.00. The summed E-state index contributed by atoms with van der Waals surface area (Å²) < 4.78 is 5.64. The quantitative estimate of drug-likeness (QED) is 0.772. The Kier molecular flexibility index (Phi) is 5.10. The van der Waals surface area contributed by atoms with Crippen LogP contribution in [0, 0.1) is 5.92 Å². The van der Waals surface area contributed by atoms with E-state index in [1.165, 1.54) is 0 Å². The number of rotatable bonds is 6. The average Bonchev–Trinajstić information content (AvgIpc) is 3.37. The Labute approximate surface area is 148 Å². The van der Waals surface area contributed by atoms with Gasteiger partial charge in [0.1, 0.15) is 5.75 Å². The van der Waals surface area contributed by atoms with Crippen LogP contribution < -0.4 is 4.74 Å². The highest BCUT2D eigenvalue weighted by Gasteiger charge is 2.45. The maximum atomic E-state index is 12.7. The third kappa shape index (κ3) is 3.57. The highest BCUT2D eigenvalue weighted by molar-refractivity contribution is 6.31. The van der Waals surface area contributed by atoms with Gasteiger partial charge in [-0.1, -0.05) is 48.0 Å². The normalized spacial score (nSPS) is 19.0. The zero-order chi connectivity index (χ0) is 17.1. The van der Waals surface area contributed by atoms with Gasteiger partial charge in [-0.25, -0.2) is 0 Å². The van der Waals surface area contributed by atoms with E-state index in [9.17, 15) is 4.79 Å². The van der Waals surface area contributed by atoms with Gasteiger partial charge in [-0.15, -0.1) is 0 Å². The van der Waals surface area contributed by atoms with Crippen LogP contribution in [0.2, 0.25) is 5.02 Å². The number of hydrogen-bond donors (Lipinski definition) is 0. The summed E-state index contributed by atoms with van der Waals surface area (Å²) >= 11 is 6.25. The largest absolute Gasteiger partial charge is 0.494 e. The van der Waals surface area contributed by atoms with Crippen molar-refractivity contribution in [2.24, 2.45) is 5.92 Å². The highest BCUT2D eigenvalue weighted by Crippen LogP contribution is 2.50. The molecule has 0 heterocycles. The molecule has 0 radical (unpaired) electrons. The molecule has 2 aromatic carbocycles. The van der Waals surface area contributed by atoms with Crippen LogP contribution in [-0.2, 0) is 11.3 Å². The molecule has 2 atom stereocenters. The lowest BCUT2D eigenvalue weighted by Gasteiger charge is -2.19. The van der Waals surface area contributed by atoms with Gasteiger partial charge in [-0.05, 0) is 37.0 Å². The number of nitrogens with zero attached hydrogens (tertiary/aromatic N) is 1. The van der Waals surface area contributed by atoms with Crippen LogP contribution in [0.3, 0.4) is 0 Å². The van der Waals surface area contributed by atoms with Crippen molar-refractivity contribution in [1.82, 2.24) is 4.90 Å². The molecule has 0 spiro atoms. The van der Waals surface area contributed by atoms with Crippen molar-refractivity contribution in [1.29, 1.82) is 0 Å². The summed E-state index contributed by atoms with van der Waals surface area (Å²) in [4.78, 5) is 14.5. The second kappa shape index (κ2) is 7.27. The van der Waals surface area contributed by atoms with E-state index in [2.05, 4.69) is 0 Å². The maximum absolute atomic E-state index is 12.7. The van der Waals surface area contributed by atoms with Crippen molar-refractivity contribution in [3.8, 4) is 5.75 Å². The van der Waals surface area contributed by atoms with Crippen molar-refractivity contribution in [2.45, 2.75) is 25.8 Å². The summed E-state index contributed by atoms with van der Waals surface area (Å²) in [6.07, 6.45) is 0.875. The smallest absolute Gasteiger partial charge is 0.226 e. The Morgan fingerprint density at radius 3 is 2.67 bits per heavy atom. The van der Waals surface area contributed by atoms with E-state index < -0.39 is 0 Å². The van der Waals surface area contributed by atoms with E-state index in [4.69, 9.17) is 16.3 Å². The molecule has 0 bridgehead atoms. The lowest BCUT2D eigenvalue weighted by molar-refractivity contribution is -0.131. The summed E-state index contributed by atoms with van der Waals surface area (Å²) in [6, 6.07) is 15.7. The fraction of sp³-hybridized carbons (Fsp3) is 0.350. The van der Waals surface area contributed by atoms with Crippen LogP contribution in [0.15, 0.2) is 48.5 Å². The first kappa shape index (κ1) is 16.8. The van der Waals surface area contributed by atoms with Gasteiger partial charge < -0.3 is 9.64 Å². The SMILES string of the molecule is CCOc1ccccc1CN(C)C(=O)C1CC1c1ccccc1Cl. The van der Waals surface area contributed by atoms with Crippen molar-refractivity contribution < 1.29 is 9.53 Å². The Morgan fingerprint density at radius 1 is 1.21 bits per heavy atom. The predicted octanol–water partition coefficient (Wildman–Crippen LogP) is 4.50. The van der Waals surface area contributed by atoms with Gasteiger partial charge in [0.05, 0.1) is 6.61 Å². The third-order valence-corrected chi connectivity index (χ3v) is 4.81. The number of benzene rings is 2. The van der Waals surface area contributed by atoms with Crippen LogP contribution in [0.4, 0.5) is 0 Å². The number of carbonyl (C=O) groups is 1. The van der Waals surface area contributed by atoms with Gasteiger partial charge in [-0.2, -0.15) is 0 Å². The number of amides is 1. The Bertz CT molecular complexity index is 731. The van der Waals surface area contributed by atoms with E-state index >= 15 is 0 Å². The molecule has 24 heavy (non-hydrogen) atoms. The molecule has 1 saturated carbocycles. The number of para-hydroxylation sites is 1. The molecule has 3 rings (SSSR count). The molecule has 1 amide bonds. The minimum atomic E-state index is 0.0363. The number of ether oxygens (including phenoxy) is 1. The fourth-order valence-electron chi connectivity index (χ4n) is 3.13. The van der Waals surface area contributed by atoms with Gasteiger partial charge >= 0.3 is 0 Å². The first-order chi connectivity index (χ1) is 11.6. The van der Waals surface area contributed by atoms with Gasteiger partial charge in [0.2, 0.25) is 5.91 Å². The minimum absolute atomic E-state index is 0.0363. The Balaban J connectivity index is 1.66. The lowest BCUT2D eigenvalue weighted by atomic mass is 10.1. The summed E-state index contributed by atoms with van der Waals surface area (Å²) in [6.45, 7) is 3.14. The summed E-state index contributed by atoms with van der Waals surface area (Å²) in [5.74, 6) is 1.30. The van der Waals surface area contributed by atoms with Gasteiger partial charge in [0.15, 0.2) is 0 Å². The first-order valence-electron chi connectivity index (χ1n) is 8.32. The van der Waals surface area contributed by atoms with Gasteiger partial charge in [0, 0.05) is 30.1 Å². The average molecular weight is 344 g/mol. The van der Waals surface area contributed by atoms with E-state index in [1.807, 2.05) is 62.5 Å². The molecule has 4 heteroatoms. The van der Waals surface area contributed by atoms with Crippen molar-refractivity contribution in [3.63, 3.8) is 0 Å². The van der Waals surface area contributed by atoms with Crippen molar-refractivity contribution >= 4 is 17.5 Å². The Morgan fingerprint density at radius 2 is 1.92 bits per heavy atom. The topological polar surface area (TPSA) is 29.5 Å². The molecule has 0 aromatic heterocycles. The van der Waals surface area contributed by atoms with E-state index in [1.54, 1.807) is 4.90 Å². The molecule has 1 aliphatic rings. The second-order valence-corrected chi connectivity index (χ2v) is 6.61. The molecule has 0 aliphatic heterocycles. The lowest BCUT2D eigenvalue weighted by Crippen LogP contribution is -2.28. The van der Waals surface area contributed by atoms with Crippen LogP contribution in [0.5, 0.6) is 5.75 Å². The summed E-state index contributed by atoms with van der Waals surface area (Å²) in [7, 11) is 1.85. The maximum Gasteiger partial charge on any atom is 0.226 e. The molecule has 0 N–H and O–H groups in total. The summed E-state index contributed by atoms with van der Waals surface area (Å²) in [5.41, 5.74) is 2.12. The van der Waals surface area contributed by atoms with Gasteiger partial charge in [-0.3, -0.25) is 4.79 Å². The molecule has 1 aliphatic carbocycles. The molecule has 0 saturated heterocycles. The molecule has 2 unspecified atom stereocenters. The molecule has 3 nitrogen and oxygen atoms in total. The first-order valence-corrected chi connectivity index (χ1v) is 8.69. The molecular weight excluding hydrogens is 322 g/mol. The predicted molar refractivity (Wildman–Crippen MR) is 96.4 cm³/mol. The van der Waals surface area contributed by atoms with Crippen LogP contribution >= 0.6 is 11.6 Å². The van der Waals surface area contributed by atoms with Crippen LogP contribution in [0.25, 0.3) is 0 Å². The fourth-order valence-corrected chi connectivity index (χ4v) is 3.41. The van der Waals surface area contributed by atoms with Crippen LogP contribution in [-0.4, -0.2) is 24.5 Å². The zero-order valence-electron chi connectivity index (χ0n) is 14.0. The van der Waals surface area contributed by atoms with Gasteiger partial charge in [0.25, 0.3) is 0 Å². The summed E-state index contributed by atoms with van der Waals surface area (Å²) in [5, 5.41) is 0.752. The van der Waals surface area contributed by atoms with Crippen LogP contribution in [0.1, 0.15) is 30.4 Å². The number of hydrogen-bond acceptors (Lipinski definition) is 2. The van der Waals surface area contributed by atoms with E-state index in [0.29, 0.717) is 13.2 Å². The zero-order valence-corrected chi connectivity index (χ0v) is 14.8. The molecular formula is C20H22ClNO2. The highest BCUT2D eigenvalue weighted by atomic mass is 35.5. The van der Waals surface area contributed by atoms with Crippen molar-refractivity contribution in [3.05, 3.63) is 64.7 Å². The van der Waals surface area contributed by atoms with E-state index in [0.717, 1.165) is 28.3 Å². The number of carbonyl (C=O) groups excluding carboxylic acids is 1. The molecule has 1 fully saturated rings. The number of halogens is 1. The van der Waals surface area contributed by atoms with E-state index in [-0.39, 0.29) is 17.7 Å². The standard InChI is InChI=1S/C20H22ClNO2/c1-3-24-19-11-7-4-8-14(19)13-22(2)20(23)17-12-16(17)15-9-5-6-10-18(15)21/h4-11,16-17H,3,12-13H2,1-2H3. The third-order valence-electron chi connectivity index (χ3n) is 4.47. The molecule has 2 aromatic rings. The second-order valence-electron chi connectivity index (χ2n) is 6.21. The molecule has 126 valence electrons. The van der Waals surface area contributed by atoms with Crippen molar-refractivity contribution in [2.75, 3.05) is 13.7 Å².